The van der Waals surface area contributed by atoms with Gasteiger partial charge in [-0.15, -0.1) is 0 Å². The Morgan fingerprint density at radius 2 is 1.73 bits per heavy atom. The van der Waals surface area contributed by atoms with Crippen molar-refractivity contribution in [1.29, 1.82) is 0 Å². The molecule has 0 aromatic heterocycles. The number of carbonyl (C=O) groups excluding carboxylic acids is 1. The van der Waals surface area contributed by atoms with Crippen LogP contribution in [0.15, 0.2) is 12.2 Å². The summed E-state index contributed by atoms with van der Waals surface area (Å²) in [6.07, 6.45) is 11.8. The number of allylic oxidation sites excluding steroid dienone is 2. The first-order valence-electron chi connectivity index (χ1n) is 4.59. The van der Waals surface area contributed by atoms with Gasteiger partial charge < -0.3 is 0 Å². The first-order valence-corrected chi connectivity index (χ1v) is 4.59. The van der Waals surface area contributed by atoms with Crippen LogP contribution in [0.2, 0.25) is 0 Å². The van der Waals surface area contributed by atoms with Crippen molar-refractivity contribution < 1.29 is 4.79 Å². The van der Waals surface area contributed by atoms with Crippen molar-refractivity contribution in [3.63, 3.8) is 0 Å². The highest BCUT2D eigenvalue weighted by molar-refractivity contribution is 5.89. The van der Waals surface area contributed by atoms with Crippen LogP contribution in [-0.2, 0) is 4.79 Å². The Hall–Kier alpha value is -0.590. The predicted octanol–water partition coefficient (Wildman–Crippen LogP) is 2.86. The van der Waals surface area contributed by atoms with Crippen molar-refractivity contribution >= 4 is 5.78 Å². The fourth-order valence-corrected chi connectivity index (χ4v) is 1.39. The maximum Gasteiger partial charge on any atom is 0.155 e. The molecule has 0 unspecified atom stereocenters. The highest BCUT2D eigenvalue weighted by Crippen LogP contribution is 2.10. The minimum absolute atomic E-state index is 0.312. The molecule has 0 aromatic carbocycles. The number of ketones is 1. The van der Waals surface area contributed by atoms with E-state index in [9.17, 15) is 4.79 Å². The molecule has 62 valence electrons. The summed E-state index contributed by atoms with van der Waals surface area (Å²) in [5, 5.41) is 0. The molecule has 1 heteroatoms. The van der Waals surface area contributed by atoms with Crippen molar-refractivity contribution in [2.45, 2.75) is 44.9 Å². The largest absolute Gasteiger partial charge is 0.295 e. The lowest BCUT2D eigenvalue weighted by Gasteiger charge is -2.01. The van der Waals surface area contributed by atoms with Gasteiger partial charge in [0.05, 0.1) is 0 Å². The van der Waals surface area contributed by atoms with E-state index in [0.29, 0.717) is 5.78 Å². The maximum atomic E-state index is 11.0. The van der Waals surface area contributed by atoms with E-state index >= 15 is 0 Å². The minimum Gasteiger partial charge on any atom is -0.295 e. The molecular formula is C10H16O. The predicted molar refractivity (Wildman–Crippen MR) is 46.5 cm³/mol. The molecule has 0 bridgehead atoms. The zero-order valence-corrected chi connectivity index (χ0v) is 7.01. The Kier molecular flexibility index (Phi) is 3.95. The van der Waals surface area contributed by atoms with Crippen LogP contribution >= 0.6 is 0 Å². The molecule has 1 aliphatic carbocycles. The highest BCUT2D eigenvalue weighted by atomic mass is 16.1. The smallest absolute Gasteiger partial charge is 0.155 e. The lowest BCUT2D eigenvalue weighted by atomic mass is 10.0. The van der Waals surface area contributed by atoms with Gasteiger partial charge in [0, 0.05) is 6.42 Å². The van der Waals surface area contributed by atoms with E-state index in [2.05, 4.69) is 0 Å². The molecule has 0 N–H and O–H groups in total. The van der Waals surface area contributed by atoms with Gasteiger partial charge in [-0.05, 0) is 25.3 Å². The highest BCUT2D eigenvalue weighted by Gasteiger charge is 1.98. The number of hydrogen-bond acceptors (Lipinski definition) is 1. The van der Waals surface area contributed by atoms with Gasteiger partial charge in [-0.2, -0.15) is 0 Å². The zero-order chi connectivity index (χ0) is 7.94. The molecule has 11 heavy (non-hydrogen) atoms. The van der Waals surface area contributed by atoms with Gasteiger partial charge in [-0.1, -0.05) is 25.3 Å². The second kappa shape index (κ2) is 5.11. The first-order chi connectivity index (χ1) is 5.39. The van der Waals surface area contributed by atoms with Crippen molar-refractivity contribution in [1.82, 2.24) is 0 Å². The van der Waals surface area contributed by atoms with Crippen LogP contribution in [0.25, 0.3) is 0 Å². The molecule has 0 fully saturated rings. The lowest BCUT2D eigenvalue weighted by Crippen LogP contribution is -1.93. The van der Waals surface area contributed by atoms with Crippen molar-refractivity contribution in [2.24, 2.45) is 0 Å². The first kappa shape index (κ1) is 8.51. The van der Waals surface area contributed by atoms with Crippen LogP contribution in [0.1, 0.15) is 44.9 Å². The third-order valence-corrected chi connectivity index (χ3v) is 2.10. The van der Waals surface area contributed by atoms with E-state index in [-0.39, 0.29) is 0 Å². The second-order valence-electron chi connectivity index (χ2n) is 3.18. The van der Waals surface area contributed by atoms with Gasteiger partial charge in [0.2, 0.25) is 0 Å². The summed E-state index contributed by atoms with van der Waals surface area (Å²) >= 11 is 0. The Labute approximate surface area is 68.5 Å². The molecule has 0 saturated carbocycles. The minimum atomic E-state index is 0.312. The molecular weight excluding hydrogens is 136 g/mol. The van der Waals surface area contributed by atoms with Gasteiger partial charge in [-0.25, -0.2) is 0 Å². The van der Waals surface area contributed by atoms with Gasteiger partial charge in [-0.3, -0.25) is 4.79 Å². The topological polar surface area (TPSA) is 17.1 Å². The number of hydrogen-bond donors (Lipinski definition) is 0. The van der Waals surface area contributed by atoms with E-state index in [1.807, 2.05) is 6.08 Å². The standard InChI is InChI=1S/C10H16O/c11-10-8-6-4-2-1-3-5-7-9-10/h6,8H,1-5,7,9H2. The van der Waals surface area contributed by atoms with Crippen molar-refractivity contribution in [3.8, 4) is 0 Å². The molecule has 0 radical (unpaired) electrons. The average Bonchev–Trinajstić information content (AvgIpc) is 2.03. The zero-order valence-electron chi connectivity index (χ0n) is 7.01. The van der Waals surface area contributed by atoms with Crippen LogP contribution in [0.3, 0.4) is 0 Å². The van der Waals surface area contributed by atoms with Crippen molar-refractivity contribution in [3.05, 3.63) is 12.2 Å². The van der Waals surface area contributed by atoms with E-state index in [1.165, 1.54) is 25.7 Å². The normalized spacial score (nSPS) is 21.6. The summed E-state index contributed by atoms with van der Waals surface area (Å²) < 4.78 is 0. The summed E-state index contributed by atoms with van der Waals surface area (Å²) in [7, 11) is 0. The van der Waals surface area contributed by atoms with Crippen LogP contribution < -0.4 is 0 Å². The summed E-state index contributed by atoms with van der Waals surface area (Å²) in [4.78, 5) is 11.0. The molecule has 0 saturated heterocycles. The van der Waals surface area contributed by atoms with Crippen molar-refractivity contribution in [2.75, 3.05) is 0 Å². The SMILES string of the molecule is O=C1C=CCCCCCCC1. The molecule has 1 aliphatic rings. The van der Waals surface area contributed by atoms with Crippen LogP contribution in [0, 0.1) is 0 Å². The molecule has 0 spiro atoms. The Balaban J connectivity index is 2.32. The molecule has 0 amide bonds. The Bertz CT molecular complexity index is 147. The number of rotatable bonds is 0. The fraction of sp³-hybridized carbons (Fsp3) is 0.700. The Morgan fingerprint density at radius 3 is 2.64 bits per heavy atom. The third kappa shape index (κ3) is 3.97. The fourth-order valence-electron chi connectivity index (χ4n) is 1.39. The van der Waals surface area contributed by atoms with E-state index in [1.54, 1.807) is 6.08 Å². The lowest BCUT2D eigenvalue weighted by molar-refractivity contribution is -0.114. The van der Waals surface area contributed by atoms with E-state index in [0.717, 1.165) is 19.3 Å². The van der Waals surface area contributed by atoms with E-state index in [4.69, 9.17) is 0 Å². The van der Waals surface area contributed by atoms with Gasteiger partial charge in [0.15, 0.2) is 5.78 Å². The van der Waals surface area contributed by atoms with Gasteiger partial charge in [0.25, 0.3) is 0 Å². The quantitative estimate of drug-likeness (QED) is 0.521. The molecule has 0 aromatic rings. The Morgan fingerprint density at radius 1 is 1.00 bits per heavy atom. The monoisotopic (exact) mass is 152 g/mol. The second-order valence-corrected chi connectivity index (χ2v) is 3.18. The van der Waals surface area contributed by atoms with E-state index < -0.39 is 0 Å². The molecule has 1 rings (SSSR count). The summed E-state index contributed by atoms with van der Waals surface area (Å²) in [5.41, 5.74) is 0. The van der Waals surface area contributed by atoms with Crippen LogP contribution in [0.5, 0.6) is 0 Å². The van der Waals surface area contributed by atoms with Gasteiger partial charge in [0.1, 0.15) is 0 Å². The summed E-state index contributed by atoms with van der Waals surface area (Å²) in [5.74, 6) is 0.312. The van der Waals surface area contributed by atoms with Crippen LogP contribution in [-0.4, -0.2) is 5.78 Å². The molecule has 0 atom stereocenters. The molecule has 1 nitrogen and oxygen atoms in total. The van der Waals surface area contributed by atoms with Crippen LogP contribution in [0.4, 0.5) is 0 Å². The summed E-state index contributed by atoms with van der Waals surface area (Å²) in [6, 6.07) is 0. The molecule has 0 aliphatic heterocycles. The average molecular weight is 152 g/mol. The van der Waals surface area contributed by atoms with Gasteiger partial charge >= 0.3 is 0 Å². The number of carbonyl (C=O) groups is 1. The molecule has 0 heterocycles. The maximum absolute atomic E-state index is 11.0. The summed E-state index contributed by atoms with van der Waals surface area (Å²) in [6.45, 7) is 0. The third-order valence-electron chi connectivity index (χ3n) is 2.10.